The van der Waals surface area contributed by atoms with Crippen molar-refractivity contribution in [3.63, 3.8) is 0 Å². The number of amides is 1. The van der Waals surface area contributed by atoms with E-state index in [0.717, 1.165) is 16.9 Å². The van der Waals surface area contributed by atoms with Gasteiger partial charge in [-0.3, -0.25) is 15.1 Å². The molecule has 2 N–H and O–H groups in total. The SMILES string of the molecule is Cc1csc(OC(F)(F)CN[C@@H](CC(F)(F)Cc2cccnc2)C(=O)NC2(C#N)CC2)c1. The number of alkyl halides is 4. The number of thiophene rings is 1. The van der Waals surface area contributed by atoms with E-state index < -0.39 is 48.9 Å². The molecule has 172 valence electrons. The van der Waals surface area contributed by atoms with E-state index in [-0.39, 0.29) is 10.6 Å². The van der Waals surface area contributed by atoms with E-state index >= 15 is 0 Å². The fourth-order valence-corrected chi connectivity index (χ4v) is 3.82. The number of aromatic nitrogens is 1. The lowest BCUT2D eigenvalue weighted by molar-refractivity contribution is -0.172. The molecule has 1 atom stereocenters. The molecule has 1 aliphatic carbocycles. The van der Waals surface area contributed by atoms with Crippen molar-refractivity contribution in [1.82, 2.24) is 15.6 Å². The zero-order valence-corrected chi connectivity index (χ0v) is 18.0. The second-order valence-electron chi connectivity index (χ2n) is 7.90. The van der Waals surface area contributed by atoms with Crippen LogP contribution < -0.4 is 15.4 Å². The van der Waals surface area contributed by atoms with E-state index in [9.17, 15) is 22.4 Å². The van der Waals surface area contributed by atoms with Gasteiger partial charge in [-0.25, -0.2) is 8.78 Å². The summed E-state index contributed by atoms with van der Waals surface area (Å²) < 4.78 is 62.6. The minimum Gasteiger partial charge on any atom is -0.422 e. The van der Waals surface area contributed by atoms with Gasteiger partial charge in [0.05, 0.1) is 12.1 Å². The quantitative estimate of drug-likeness (QED) is 0.488. The summed E-state index contributed by atoms with van der Waals surface area (Å²) in [5.41, 5.74) is -0.134. The fraction of sp³-hybridized carbons (Fsp3) is 0.476. The van der Waals surface area contributed by atoms with Crippen molar-refractivity contribution < 1.29 is 27.1 Å². The zero-order chi connectivity index (χ0) is 23.4. The van der Waals surface area contributed by atoms with Crippen LogP contribution in [0.2, 0.25) is 0 Å². The predicted octanol–water partition coefficient (Wildman–Crippen LogP) is 3.82. The maximum absolute atomic E-state index is 14.7. The molecule has 0 saturated heterocycles. The van der Waals surface area contributed by atoms with E-state index in [1.165, 1.54) is 30.6 Å². The molecular formula is C21H22F4N4O2S. The number of rotatable bonds is 11. The Morgan fingerprint density at radius 2 is 2.16 bits per heavy atom. The average molecular weight is 470 g/mol. The average Bonchev–Trinajstić information content (AvgIpc) is 3.38. The molecule has 1 fully saturated rings. The molecule has 11 heteroatoms. The molecule has 3 rings (SSSR count). The standard InChI is InChI=1S/C21H22F4N4O2S/c1-14-7-17(32-11-14)31-21(24,25)13-28-16(18(30)29-19(12-26)4-5-19)9-20(22,23)8-15-3-2-6-27-10-15/h2-3,6-7,10-11,16,28H,4-5,8-9,13H2,1H3,(H,29,30)/t16-/m0/s1. The lowest BCUT2D eigenvalue weighted by Gasteiger charge is -2.26. The van der Waals surface area contributed by atoms with Gasteiger partial charge in [0.15, 0.2) is 5.06 Å². The predicted molar refractivity (Wildman–Crippen MR) is 110 cm³/mol. The van der Waals surface area contributed by atoms with Crippen LogP contribution >= 0.6 is 11.3 Å². The van der Waals surface area contributed by atoms with Gasteiger partial charge in [0.25, 0.3) is 5.92 Å². The summed E-state index contributed by atoms with van der Waals surface area (Å²) in [6, 6.07) is 4.65. The van der Waals surface area contributed by atoms with Gasteiger partial charge in [-0.15, -0.1) is 11.3 Å². The third kappa shape index (κ3) is 6.90. The minimum absolute atomic E-state index is 0.0291. The van der Waals surface area contributed by atoms with Crippen LogP contribution in [-0.4, -0.2) is 41.0 Å². The number of hydrogen-bond acceptors (Lipinski definition) is 6. The molecule has 6 nitrogen and oxygen atoms in total. The Labute approximate surface area is 186 Å². The number of hydrogen-bond donors (Lipinski definition) is 2. The maximum atomic E-state index is 14.7. The van der Waals surface area contributed by atoms with Crippen molar-refractivity contribution in [3.05, 3.63) is 47.1 Å². The molecule has 32 heavy (non-hydrogen) atoms. The Balaban J connectivity index is 1.68. The molecule has 0 unspecified atom stereocenters. The smallest absolute Gasteiger partial charge is 0.411 e. The van der Waals surface area contributed by atoms with Gasteiger partial charge in [-0.2, -0.15) is 14.0 Å². The number of carbonyl (C=O) groups is 1. The van der Waals surface area contributed by atoms with Crippen LogP contribution in [0.25, 0.3) is 0 Å². The number of nitriles is 1. The highest BCUT2D eigenvalue weighted by Gasteiger charge is 2.47. The number of ether oxygens (including phenoxy) is 1. The Morgan fingerprint density at radius 3 is 2.72 bits per heavy atom. The zero-order valence-electron chi connectivity index (χ0n) is 17.2. The highest BCUT2D eigenvalue weighted by Crippen LogP contribution is 2.35. The van der Waals surface area contributed by atoms with E-state index in [1.54, 1.807) is 12.3 Å². The van der Waals surface area contributed by atoms with Crippen LogP contribution in [0, 0.1) is 18.3 Å². The number of aryl methyl sites for hydroxylation is 1. The van der Waals surface area contributed by atoms with Gasteiger partial charge in [-0.1, -0.05) is 6.07 Å². The molecule has 2 aromatic rings. The van der Waals surface area contributed by atoms with Crippen LogP contribution in [0.4, 0.5) is 17.6 Å². The molecular weight excluding hydrogens is 448 g/mol. The van der Waals surface area contributed by atoms with Gasteiger partial charge >= 0.3 is 6.11 Å². The first-order valence-electron chi connectivity index (χ1n) is 9.87. The first-order chi connectivity index (χ1) is 15.0. The highest BCUT2D eigenvalue weighted by molar-refractivity contribution is 7.12. The molecule has 0 bridgehead atoms. The third-order valence-electron chi connectivity index (χ3n) is 4.84. The third-order valence-corrected chi connectivity index (χ3v) is 5.77. The number of pyridine rings is 1. The molecule has 2 heterocycles. The monoisotopic (exact) mass is 470 g/mol. The van der Waals surface area contributed by atoms with E-state index in [2.05, 4.69) is 20.4 Å². The molecule has 1 saturated carbocycles. The number of nitrogens with zero attached hydrogens (tertiary/aromatic N) is 2. The Morgan fingerprint density at radius 1 is 1.41 bits per heavy atom. The van der Waals surface area contributed by atoms with Gasteiger partial charge in [-0.05, 0) is 48.4 Å². The minimum atomic E-state index is -3.74. The number of carbonyl (C=O) groups excluding carboxylic acids is 1. The second kappa shape index (κ2) is 9.42. The fourth-order valence-electron chi connectivity index (χ4n) is 3.03. The number of halogens is 4. The highest BCUT2D eigenvalue weighted by atomic mass is 32.1. The van der Waals surface area contributed by atoms with Crippen molar-refractivity contribution in [3.8, 4) is 11.1 Å². The van der Waals surface area contributed by atoms with E-state index in [4.69, 9.17) is 5.26 Å². The summed E-state index contributed by atoms with van der Waals surface area (Å²) in [6.45, 7) is 0.554. The topological polar surface area (TPSA) is 87.0 Å². The van der Waals surface area contributed by atoms with Gasteiger partial charge in [0.1, 0.15) is 12.1 Å². The molecule has 1 aliphatic rings. The van der Waals surface area contributed by atoms with Crippen LogP contribution in [0.1, 0.15) is 30.4 Å². The first kappa shape index (κ1) is 23.9. The van der Waals surface area contributed by atoms with Crippen LogP contribution in [0.15, 0.2) is 36.0 Å². The summed E-state index contributed by atoms with van der Waals surface area (Å²) >= 11 is 0.976. The molecule has 2 aromatic heterocycles. The second-order valence-corrected chi connectivity index (χ2v) is 8.77. The maximum Gasteiger partial charge on any atom is 0.411 e. The van der Waals surface area contributed by atoms with Crippen LogP contribution in [0.5, 0.6) is 5.06 Å². The van der Waals surface area contributed by atoms with Gasteiger partial charge in [0, 0.05) is 25.2 Å². The largest absolute Gasteiger partial charge is 0.422 e. The van der Waals surface area contributed by atoms with Crippen molar-refractivity contribution in [2.45, 2.75) is 56.2 Å². The summed E-state index contributed by atoms with van der Waals surface area (Å²) in [4.78, 5) is 16.4. The van der Waals surface area contributed by atoms with Crippen molar-refractivity contribution in [2.24, 2.45) is 0 Å². The van der Waals surface area contributed by atoms with Crippen LogP contribution in [0.3, 0.4) is 0 Å². The van der Waals surface area contributed by atoms with Gasteiger partial charge in [0.2, 0.25) is 5.91 Å². The molecule has 0 aliphatic heterocycles. The molecule has 0 spiro atoms. The summed E-state index contributed by atoms with van der Waals surface area (Å²) in [5.74, 6) is -4.32. The lowest BCUT2D eigenvalue weighted by atomic mass is 10.0. The normalized spacial score (nSPS) is 16.1. The Kier molecular flexibility index (Phi) is 7.05. The Bertz CT molecular complexity index is 974. The molecule has 1 amide bonds. The van der Waals surface area contributed by atoms with Crippen molar-refractivity contribution in [2.75, 3.05) is 6.54 Å². The van der Waals surface area contributed by atoms with E-state index in [1.807, 2.05) is 6.07 Å². The summed E-state index contributed by atoms with van der Waals surface area (Å²) in [6.07, 6.45) is -2.01. The summed E-state index contributed by atoms with van der Waals surface area (Å²) in [7, 11) is 0. The van der Waals surface area contributed by atoms with Gasteiger partial charge < -0.3 is 10.1 Å². The lowest BCUT2D eigenvalue weighted by Crippen LogP contribution is -2.53. The number of nitrogens with one attached hydrogen (secondary N) is 2. The van der Waals surface area contributed by atoms with E-state index in [0.29, 0.717) is 12.8 Å². The Hall–Kier alpha value is -2.71. The summed E-state index contributed by atoms with van der Waals surface area (Å²) in [5, 5.41) is 15.4. The van der Waals surface area contributed by atoms with Crippen molar-refractivity contribution >= 4 is 17.2 Å². The van der Waals surface area contributed by atoms with Crippen LogP contribution in [-0.2, 0) is 11.2 Å². The first-order valence-corrected chi connectivity index (χ1v) is 10.7. The van der Waals surface area contributed by atoms with Crippen molar-refractivity contribution in [1.29, 1.82) is 5.26 Å². The molecule has 0 radical (unpaired) electrons. The molecule has 0 aromatic carbocycles.